The molecule has 0 aliphatic carbocycles. The van der Waals surface area contributed by atoms with Crippen molar-refractivity contribution in [3.8, 4) is 0 Å². The quantitative estimate of drug-likeness (QED) is 0.723. The van der Waals surface area contributed by atoms with E-state index >= 15 is 0 Å². The summed E-state index contributed by atoms with van der Waals surface area (Å²) in [5.41, 5.74) is 2.71. The van der Waals surface area contributed by atoms with Gasteiger partial charge in [0.05, 0.1) is 5.69 Å². The number of imide groups is 1. The third-order valence-electron chi connectivity index (χ3n) is 2.74. The number of aryl methyl sites for hydroxylation is 1. The number of hydrogen-bond donors (Lipinski definition) is 0. The molecule has 0 aromatic heterocycles. The monoisotopic (exact) mass is 230 g/mol. The van der Waals surface area contributed by atoms with E-state index in [4.69, 9.17) is 0 Å². The molecule has 0 unspecified atom stereocenters. The van der Waals surface area contributed by atoms with Crippen LogP contribution in [0.2, 0.25) is 0 Å². The van der Waals surface area contributed by atoms with Crippen LogP contribution in [0, 0.1) is 6.92 Å². The zero-order chi connectivity index (χ0) is 12.6. The van der Waals surface area contributed by atoms with Crippen molar-refractivity contribution in [1.82, 2.24) is 0 Å². The number of carbonyl (C=O) groups excluding carboxylic acids is 2. The third-order valence-corrected chi connectivity index (χ3v) is 2.74. The fourth-order valence-corrected chi connectivity index (χ4v) is 1.87. The highest BCUT2D eigenvalue weighted by atomic mass is 16.2. The molecule has 0 N–H and O–H groups in total. The second-order valence-corrected chi connectivity index (χ2v) is 4.21. The summed E-state index contributed by atoms with van der Waals surface area (Å²) in [6.45, 7) is 1.99. The minimum Gasteiger partial charge on any atom is -0.377 e. The van der Waals surface area contributed by atoms with E-state index in [0.29, 0.717) is 5.69 Å². The van der Waals surface area contributed by atoms with E-state index in [2.05, 4.69) is 0 Å². The molecule has 4 heteroatoms. The van der Waals surface area contributed by atoms with E-state index in [1.165, 1.54) is 17.1 Å². The van der Waals surface area contributed by atoms with Crippen molar-refractivity contribution in [2.45, 2.75) is 6.92 Å². The Hall–Kier alpha value is -2.10. The fourth-order valence-electron chi connectivity index (χ4n) is 1.87. The highest BCUT2D eigenvalue weighted by Gasteiger charge is 2.25. The minimum atomic E-state index is -0.288. The standard InChI is InChI=1S/C13H14N2O2/c1-9-4-5-10(8-11(9)14(2)3)15-12(16)6-7-13(15)17/h4-8H,1-3H3. The van der Waals surface area contributed by atoms with Crippen LogP contribution in [0.5, 0.6) is 0 Å². The van der Waals surface area contributed by atoms with Crippen molar-refractivity contribution in [2.24, 2.45) is 0 Å². The van der Waals surface area contributed by atoms with E-state index in [-0.39, 0.29) is 11.8 Å². The summed E-state index contributed by atoms with van der Waals surface area (Å²) < 4.78 is 0. The Morgan fingerprint density at radius 2 is 1.65 bits per heavy atom. The molecule has 0 bridgehead atoms. The van der Waals surface area contributed by atoms with Gasteiger partial charge in [-0.1, -0.05) is 6.07 Å². The summed E-state index contributed by atoms with van der Waals surface area (Å²) in [4.78, 5) is 26.2. The Balaban J connectivity index is 2.44. The molecule has 0 atom stereocenters. The Morgan fingerprint density at radius 1 is 1.06 bits per heavy atom. The Labute approximate surface area is 100 Å². The van der Waals surface area contributed by atoms with Crippen LogP contribution in [0.1, 0.15) is 5.56 Å². The zero-order valence-electron chi connectivity index (χ0n) is 10.1. The Kier molecular flexibility index (Phi) is 2.71. The van der Waals surface area contributed by atoms with Crippen molar-refractivity contribution in [3.05, 3.63) is 35.9 Å². The van der Waals surface area contributed by atoms with Crippen molar-refractivity contribution in [3.63, 3.8) is 0 Å². The SMILES string of the molecule is Cc1ccc(N2C(=O)C=CC2=O)cc1N(C)C. The predicted molar refractivity (Wildman–Crippen MR) is 67.1 cm³/mol. The summed E-state index contributed by atoms with van der Waals surface area (Å²) in [6, 6.07) is 5.53. The van der Waals surface area contributed by atoms with Crippen LogP contribution in [-0.2, 0) is 9.59 Å². The van der Waals surface area contributed by atoms with Crippen molar-refractivity contribution >= 4 is 23.2 Å². The van der Waals surface area contributed by atoms with Crippen LogP contribution in [0.3, 0.4) is 0 Å². The summed E-state index contributed by atoms with van der Waals surface area (Å²) in [5.74, 6) is -0.577. The van der Waals surface area contributed by atoms with Gasteiger partial charge >= 0.3 is 0 Å². The number of carbonyl (C=O) groups is 2. The highest BCUT2D eigenvalue weighted by molar-refractivity contribution is 6.28. The van der Waals surface area contributed by atoms with E-state index in [1.807, 2.05) is 38.1 Å². The molecular formula is C13H14N2O2. The smallest absolute Gasteiger partial charge is 0.258 e. The molecule has 0 saturated carbocycles. The van der Waals surface area contributed by atoms with Gasteiger partial charge in [-0.05, 0) is 24.6 Å². The lowest BCUT2D eigenvalue weighted by Crippen LogP contribution is -2.29. The maximum atomic E-state index is 11.6. The van der Waals surface area contributed by atoms with Crippen LogP contribution < -0.4 is 9.80 Å². The summed E-state index contributed by atoms with van der Waals surface area (Å²) in [5, 5.41) is 0. The molecule has 88 valence electrons. The lowest BCUT2D eigenvalue weighted by molar-refractivity contribution is -0.119. The molecule has 4 nitrogen and oxygen atoms in total. The van der Waals surface area contributed by atoms with Crippen molar-refractivity contribution < 1.29 is 9.59 Å². The third kappa shape index (κ3) is 1.93. The van der Waals surface area contributed by atoms with Crippen molar-refractivity contribution in [1.29, 1.82) is 0 Å². The lowest BCUT2D eigenvalue weighted by Gasteiger charge is -2.20. The van der Waals surface area contributed by atoms with Crippen LogP contribution in [0.15, 0.2) is 30.4 Å². The van der Waals surface area contributed by atoms with Gasteiger partial charge in [0.25, 0.3) is 11.8 Å². The second kappa shape index (κ2) is 4.05. The van der Waals surface area contributed by atoms with Gasteiger partial charge < -0.3 is 4.90 Å². The maximum absolute atomic E-state index is 11.6. The Bertz CT molecular complexity index is 500. The largest absolute Gasteiger partial charge is 0.377 e. The van der Waals surface area contributed by atoms with E-state index in [1.54, 1.807) is 6.07 Å². The molecule has 1 aromatic carbocycles. The highest BCUT2D eigenvalue weighted by Crippen LogP contribution is 2.26. The molecule has 2 amide bonds. The lowest BCUT2D eigenvalue weighted by atomic mass is 10.1. The van der Waals surface area contributed by atoms with E-state index < -0.39 is 0 Å². The molecule has 1 aliphatic heterocycles. The molecular weight excluding hydrogens is 216 g/mol. The second-order valence-electron chi connectivity index (χ2n) is 4.21. The molecule has 0 saturated heterocycles. The Morgan fingerprint density at radius 3 is 2.18 bits per heavy atom. The average molecular weight is 230 g/mol. The van der Waals surface area contributed by atoms with Crippen LogP contribution in [0.4, 0.5) is 11.4 Å². The van der Waals surface area contributed by atoms with Crippen LogP contribution in [-0.4, -0.2) is 25.9 Å². The van der Waals surface area contributed by atoms with Crippen LogP contribution in [0.25, 0.3) is 0 Å². The van der Waals surface area contributed by atoms with Gasteiger partial charge in [0.1, 0.15) is 0 Å². The number of amides is 2. The number of rotatable bonds is 2. The summed E-state index contributed by atoms with van der Waals surface area (Å²) in [6.07, 6.45) is 2.58. The summed E-state index contributed by atoms with van der Waals surface area (Å²) in [7, 11) is 3.86. The molecule has 17 heavy (non-hydrogen) atoms. The zero-order valence-corrected chi connectivity index (χ0v) is 10.1. The predicted octanol–water partition coefficient (Wildman–Crippen LogP) is 1.49. The van der Waals surface area contributed by atoms with Gasteiger partial charge in [0.2, 0.25) is 0 Å². The first-order valence-corrected chi connectivity index (χ1v) is 5.35. The van der Waals surface area contributed by atoms with Gasteiger partial charge in [-0.2, -0.15) is 0 Å². The minimum absolute atomic E-state index is 0.288. The fraction of sp³-hybridized carbons (Fsp3) is 0.231. The molecule has 0 spiro atoms. The first kappa shape index (κ1) is 11.4. The molecule has 1 aliphatic rings. The molecule has 0 radical (unpaired) electrons. The van der Waals surface area contributed by atoms with Gasteiger partial charge in [0.15, 0.2) is 0 Å². The van der Waals surface area contributed by atoms with Gasteiger partial charge in [0, 0.05) is 31.9 Å². The molecule has 1 heterocycles. The molecule has 1 aromatic rings. The van der Waals surface area contributed by atoms with Gasteiger partial charge in [-0.3, -0.25) is 9.59 Å². The normalized spacial score (nSPS) is 14.6. The number of hydrogen-bond acceptors (Lipinski definition) is 3. The topological polar surface area (TPSA) is 40.6 Å². The number of anilines is 2. The molecule has 0 fully saturated rings. The summed E-state index contributed by atoms with van der Waals surface area (Å²) >= 11 is 0. The van der Waals surface area contributed by atoms with E-state index in [9.17, 15) is 9.59 Å². The molecule has 2 rings (SSSR count). The first-order chi connectivity index (χ1) is 8.00. The first-order valence-electron chi connectivity index (χ1n) is 5.35. The average Bonchev–Trinajstić information content (AvgIpc) is 2.59. The van der Waals surface area contributed by atoms with Crippen molar-refractivity contribution in [2.75, 3.05) is 23.9 Å². The van der Waals surface area contributed by atoms with E-state index in [0.717, 1.165) is 11.3 Å². The number of nitrogens with zero attached hydrogens (tertiary/aromatic N) is 2. The van der Waals surface area contributed by atoms with Gasteiger partial charge in [-0.25, -0.2) is 4.90 Å². The van der Waals surface area contributed by atoms with Crippen LogP contribution >= 0.6 is 0 Å². The van der Waals surface area contributed by atoms with Gasteiger partial charge in [-0.15, -0.1) is 0 Å². The number of benzene rings is 1. The maximum Gasteiger partial charge on any atom is 0.258 e.